The van der Waals surface area contributed by atoms with Gasteiger partial charge < -0.3 is 9.15 Å². The van der Waals surface area contributed by atoms with E-state index >= 15 is 0 Å². The van der Waals surface area contributed by atoms with Gasteiger partial charge in [-0.25, -0.2) is 0 Å². The summed E-state index contributed by atoms with van der Waals surface area (Å²) in [6.45, 7) is 0.710. The molecular weight excluding hydrogens is 248 g/mol. The molecule has 3 rings (SSSR count). The summed E-state index contributed by atoms with van der Waals surface area (Å²) in [5.74, 6) is 3.04. The molecular formula is C14H18O3S. The zero-order valence-electron chi connectivity index (χ0n) is 10.4. The van der Waals surface area contributed by atoms with Gasteiger partial charge in [0.2, 0.25) is 5.78 Å². The summed E-state index contributed by atoms with van der Waals surface area (Å²) >= 11 is 1.99. The van der Waals surface area contributed by atoms with Crippen LogP contribution in [0.5, 0.6) is 0 Å². The Hall–Kier alpha value is -0.740. The summed E-state index contributed by atoms with van der Waals surface area (Å²) < 4.78 is 11.2. The summed E-state index contributed by atoms with van der Waals surface area (Å²) in [5.41, 5.74) is -0.0313. The molecule has 1 unspecified atom stereocenters. The van der Waals surface area contributed by atoms with Crippen LogP contribution in [0.25, 0.3) is 0 Å². The Labute approximate surface area is 111 Å². The lowest BCUT2D eigenvalue weighted by Gasteiger charge is -2.42. The number of ether oxygens (including phenoxy) is 1. The van der Waals surface area contributed by atoms with E-state index in [1.807, 2.05) is 11.8 Å². The second-order valence-electron chi connectivity index (χ2n) is 5.18. The molecule has 0 aliphatic carbocycles. The van der Waals surface area contributed by atoms with Crippen LogP contribution in [-0.4, -0.2) is 29.5 Å². The fraction of sp³-hybridized carbons (Fsp3) is 0.643. The Morgan fingerprint density at radius 3 is 2.94 bits per heavy atom. The van der Waals surface area contributed by atoms with Crippen molar-refractivity contribution in [3.63, 3.8) is 0 Å². The molecule has 18 heavy (non-hydrogen) atoms. The van der Waals surface area contributed by atoms with Crippen LogP contribution in [0.4, 0.5) is 0 Å². The minimum Gasteiger partial charge on any atom is -0.461 e. The van der Waals surface area contributed by atoms with Crippen LogP contribution in [0.1, 0.15) is 36.2 Å². The van der Waals surface area contributed by atoms with Crippen LogP contribution in [0.15, 0.2) is 22.8 Å². The third kappa shape index (κ3) is 2.36. The monoisotopic (exact) mass is 266 g/mol. The summed E-state index contributed by atoms with van der Waals surface area (Å²) in [6.07, 6.45) is 5.43. The summed E-state index contributed by atoms with van der Waals surface area (Å²) in [7, 11) is 0. The largest absolute Gasteiger partial charge is 0.461 e. The first kappa shape index (κ1) is 12.3. The molecule has 0 aromatic carbocycles. The maximum Gasteiger partial charge on any atom is 0.201 e. The Balaban J connectivity index is 1.72. The van der Waals surface area contributed by atoms with Crippen LogP contribution in [-0.2, 0) is 4.74 Å². The molecule has 3 nitrogen and oxygen atoms in total. The highest BCUT2D eigenvalue weighted by molar-refractivity contribution is 7.99. The van der Waals surface area contributed by atoms with Gasteiger partial charge in [-0.05, 0) is 49.3 Å². The maximum absolute atomic E-state index is 12.3. The van der Waals surface area contributed by atoms with Crippen molar-refractivity contribution in [1.29, 1.82) is 0 Å². The van der Waals surface area contributed by atoms with Gasteiger partial charge in [-0.3, -0.25) is 4.79 Å². The van der Waals surface area contributed by atoms with E-state index in [1.54, 1.807) is 18.4 Å². The second kappa shape index (κ2) is 5.10. The van der Waals surface area contributed by atoms with E-state index in [1.165, 1.54) is 0 Å². The lowest BCUT2D eigenvalue weighted by molar-refractivity contribution is -0.0961. The molecule has 0 amide bonds. The Kier molecular flexibility index (Phi) is 3.48. The van der Waals surface area contributed by atoms with Gasteiger partial charge in [0.25, 0.3) is 0 Å². The van der Waals surface area contributed by atoms with Crippen molar-refractivity contribution < 1.29 is 13.9 Å². The molecule has 98 valence electrons. The quantitative estimate of drug-likeness (QED) is 0.771. The maximum atomic E-state index is 12.3. The predicted molar refractivity (Wildman–Crippen MR) is 71.0 cm³/mol. The SMILES string of the molecule is O=C(c1ccco1)C1CCOC2(CCSCC2)C1. The van der Waals surface area contributed by atoms with Gasteiger partial charge >= 0.3 is 0 Å². The van der Waals surface area contributed by atoms with E-state index in [-0.39, 0.29) is 17.3 Å². The van der Waals surface area contributed by atoms with Gasteiger partial charge in [0.15, 0.2) is 5.76 Å². The third-order valence-corrected chi connectivity index (χ3v) is 5.02. The molecule has 0 N–H and O–H groups in total. The van der Waals surface area contributed by atoms with Crippen molar-refractivity contribution in [2.75, 3.05) is 18.1 Å². The molecule has 0 saturated carbocycles. The number of ketones is 1. The van der Waals surface area contributed by atoms with Gasteiger partial charge in [-0.1, -0.05) is 0 Å². The number of hydrogen-bond donors (Lipinski definition) is 0. The summed E-state index contributed by atoms with van der Waals surface area (Å²) in [4.78, 5) is 12.3. The first-order valence-electron chi connectivity index (χ1n) is 6.59. The molecule has 1 spiro atoms. The molecule has 2 saturated heterocycles. The zero-order chi connectivity index (χ0) is 12.4. The van der Waals surface area contributed by atoms with E-state index in [2.05, 4.69) is 0 Å². The van der Waals surface area contributed by atoms with Crippen molar-refractivity contribution in [1.82, 2.24) is 0 Å². The second-order valence-corrected chi connectivity index (χ2v) is 6.40. The Morgan fingerprint density at radius 1 is 1.39 bits per heavy atom. The number of furan rings is 1. The standard InChI is InChI=1S/C14H18O3S/c15-13(12-2-1-6-16-12)11-3-7-17-14(10-11)4-8-18-9-5-14/h1-2,6,11H,3-5,7-10H2. The Bertz CT molecular complexity index is 401. The molecule has 1 atom stereocenters. The molecule has 3 heterocycles. The lowest BCUT2D eigenvalue weighted by atomic mass is 9.79. The van der Waals surface area contributed by atoms with Crippen LogP contribution in [0.2, 0.25) is 0 Å². The molecule has 4 heteroatoms. The van der Waals surface area contributed by atoms with Crippen molar-refractivity contribution in [2.45, 2.75) is 31.3 Å². The van der Waals surface area contributed by atoms with Crippen molar-refractivity contribution >= 4 is 17.5 Å². The predicted octanol–water partition coefficient (Wildman–Crippen LogP) is 3.15. The average molecular weight is 266 g/mol. The first-order chi connectivity index (χ1) is 8.79. The molecule has 2 aliphatic rings. The van der Waals surface area contributed by atoms with E-state index < -0.39 is 0 Å². The number of hydrogen-bond acceptors (Lipinski definition) is 4. The van der Waals surface area contributed by atoms with Crippen molar-refractivity contribution in [3.05, 3.63) is 24.2 Å². The molecule has 1 aromatic rings. The van der Waals surface area contributed by atoms with E-state index in [4.69, 9.17) is 9.15 Å². The highest BCUT2D eigenvalue weighted by Crippen LogP contribution is 2.40. The molecule has 0 bridgehead atoms. The smallest absolute Gasteiger partial charge is 0.201 e. The zero-order valence-corrected chi connectivity index (χ0v) is 11.2. The van der Waals surface area contributed by atoms with Gasteiger partial charge in [0.1, 0.15) is 0 Å². The normalized spacial score (nSPS) is 27.2. The lowest BCUT2D eigenvalue weighted by Crippen LogP contribution is -2.44. The molecule has 0 radical (unpaired) electrons. The highest BCUT2D eigenvalue weighted by atomic mass is 32.2. The molecule has 1 aromatic heterocycles. The average Bonchev–Trinajstić information content (AvgIpc) is 2.93. The number of rotatable bonds is 2. The number of carbonyl (C=O) groups is 1. The fourth-order valence-corrected chi connectivity index (χ4v) is 4.20. The fourth-order valence-electron chi connectivity index (χ4n) is 2.96. The van der Waals surface area contributed by atoms with Crippen molar-refractivity contribution in [2.24, 2.45) is 5.92 Å². The van der Waals surface area contributed by atoms with Gasteiger partial charge in [0.05, 0.1) is 11.9 Å². The van der Waals surface area contributed by atoms with E-state index in [9.17, 15) is 4.79 Å². The third-order valence-electron chi connectivity index (χ3n) is 4.03. The van der Waals surface area contributed by atoms with Gasteiger partial charge in [-0.15, -0.1) is 0 Å². The van der Waals surface area contributed by atoms with Gasteiger partial charge in [0, 0.05) is 12.5 Å². The summed E-state index contributed by atoms with van der Waals surface area (Å²) in [6, 6.07) is 3.54. The van der Waals surface area contributed by atoms with Crippen molar-refractivity contribution in [3.8, 4) is 0 Å². The highest BCUT2D eigenvalue weighted by Gasteiger charge is 2.41. The summed E-state index contributed by atoms with van der Waals surface area (Å²) in [5, 5.41) is 0. The van der Waals surface area contributed by atoms with Crippen LogP contribution >= 0.6 is 11.8 Å². The topological polar surface area (TPSA) is 39.4 Å². The minimum absolute atomic E-state index is 0.0313. The van der Waals surface area contributed by atoms with E-state index in [0.717, 1.165) is 37.2 Å². The molecule has 2 aliphatic heterocycles. The van der Waals surface area contributed by atoms with Crippen LogP contribution in [0.3, 0.4) is 0 Å². The number of carbonyl (C=O) groups excluding carboxylic acids is 1. The first-order valence-corrected chi connectivity index (χ1v) is 7.74. The van der Waals surface area contributed by atoms with Gasteiger partial charge in [-0.2, -0.15) is 11.8 Å². The Morgan fingerprint density at radius 2 is 2.22 bits per heavy atom. The number of Topliss-reactive ketones (excluding diaryl/α,β-unsaturated/α-hetero) is 1. The van der Waals surface area contributed by atoms with Crippen LogP contribution < -0.4 is 0 Å². The van der Waals surface area contributed by atoms with E-state index in [0.29, 0.717) is 12.4 Å². The minimum atomic E-state index is -0.0313. The number of thioether (sulfide) groups is 1. The van der Waals surface area contributed by atoms with Crippen LogP contribution in [0, 0.1) is 5.92 Å². The molecule has 2 fully saturated rings.